The third kappa shape index (κ3) is 12.2. The summed E-state index contributed by atoms with van der Waals surface area (Å²) in [6.45, 7) is 5.63. The average Bonchev–Trinajstić information content (AvgIpc) is 3.36. The van der Waals surface area contributed by atoms with Crippen molar-refractivity contribution in [2.75, 3.05) is 13.2 Å². The highest BCUT2D eigenvalue weighted by molar-refractivity contribution is 6.22. The summed E-state index contributed by atoms with van der Waals surface area (Å²) in [4.78, 5) is 40.3. The van der Waals surface area contributed by atoms with E-state index in [9.17, 15) is 14.4 Å². The van der Waals surface area contributed by atoms with Crippen LogP contribution in [0.4, 0.5) is 0 Å². The number of carbonyl (C=O) groups excluding carboxylic acids is 3. The molecule has 6 heteroatoms. The number of esters is 1. The van der Waals surface area contributed by atoms with E-state index in [1.807, 2.05) is 36.4 Å². The molecule has 1 aliphatic rings. The van der Waals surface area contributed by atoms with E-state index in [2.05, 4.69) is 13.8 Å². The average molecular weight is 668 g/mol. The molecule has 0 aromatic heterocycles. The van der Waals surface area contributed by atoms with Crippen LogP contribution in [0.5, 0.6) is 11.5 Å². The van der Waals surface area contributed by atoms with Crippen LogP contribution in [0.3, 0.4) is 0 Å². The fourth-order valence-electron chi connectivity index (χ4n) is 6.43. The van der Waals surface area contributed by atoms with E-state index < -0.39 is 5.97 Å². The first-order valence-electron chi connectivity index (χ1n) is 19.1. The second-order valence-corrected chi connectivity index (χ2v) is 13.5. The minimum atomic E-state index is -0.568. The molecule has 0 fully saturated rings. The minimum Gasteiger partial charge on any atom is -0.494 e. The van der Waals surface area contributed by atoms with Gasteiger partial charge < -0.3 is 9.47 Å². The smallest absolute Gasteiger partial charge is 0.343 e. The second-order valence-electron chi connectivity index (χ2n) is 13.5. The van der Waals surface area contributed by atoms with E-state index in [0.717, 1.165) is 49.2 Å². The second kappa shape index (κ2) is 21.2. The molecule has 49 heavy (non-hydrogen) atoms. The Morgan fingerprint density at radius 1 is 0.531 bits per heavy atom. The van der Waals surface area contributed by atoms with Crippen LogP contribution in [-0.2, 0) is 0 Å². The molecular weight excluding hydrogens is 610 g/mol. The number of amides is 2. The molecule has 3 aromatic rings. The van der Waals surface area contributed by atoms with Gasteiger partial charge in [0, 0.05) is 6.54 Å². The Morgan fingerprint density at radius 2 is 1.00 bits per heavy atom. The zero-order chi connectivity index (χ0) is 34.7. The molecule has 3 aromatic carbocycles. The normalized spacial score (nSPS) is 12.4. The highest BCUT2D eigenvalue weighted by atomic mass is 16.5. The van der Waals surface area contributed by atoms with Gasteiger partial charge in [-0.25, -0.2) is 4.79 Å². The lowest BCUT2D eigenvalue weighted by atomic mass is 10.1. The number of ether oxygens (including phenoxy) is 2. The Bertz CT molecular complexity index is 1450. The molecule has 1 aliphatic heterocycles. The van der Waals surface area contributed by atoms with Crippen LogP contribution in [0.2, 0.25) is 0 Å². The molecule has 0 saturated carbocycles. The van der Waals surface area contributed by atoms with Crippen molar-refractivity contribution in [3.8, 4) is 22.6 Å². The fraction of sp³-hybridized carbons (Fsp3) is 0.512. The van der Waals surface area contributed by atoms with Gasteiger partial charge in [-0.05, 0) is 66.4 Å². The van der Waals surface area contributed by atoms with E-state index in [4.69, 9.17) is 9.47 Å². The molecule has 6 nitrogen and oxygen atoms in total. The van der Waals surface area contributed by atoms with Crippen LogP contribution in [-0.4, -0.2) is 35.8 Å². The summed E-state index contributed by atoms with van der Waals surface area (Å²) in [7, 11) is 0. The Kier molecular flexibility index (Phi) is 16.4. The number of carbonyl (C=O) groups is 3. The summed E-state index contributed by atoms with van der Waals surface area (Å²) in [5.74, 6) is 0.0919. The third-order valence-electron chi connectivity index (χ3n) is 9.46. The zero-order valence-electron chi connectivity index (χ0n) is 30.0. The molecule has 0 spiro atoms. The van der Waals surface area contributed by atoms with Gasteiger partial charge in [0.1, 0.15) is 11.5 Å². The lowest BCUT2D eigenvalue weighted by Gasteiger charge is -2.13. The summed E-state index contributed by atoms with van der Waals surface area (Å²) < 4.78 is 11.6. The SMILES string of the molecule is CCCCCCCCCCCCN1C(=O)c2ccc(C(=O)Oc3ccc(-c4ccc(OCCCCCCCCCC)cc4)cc3)cc2C1=O. The Morgan fingerprint density at radius 3 is 1.55 bits per heavy atom. The molecule has 0 radical (unpaired) electrons. The van der Waals surface area contributed by atoms with Gasteiger partial charge in [0.25, 0.3) is 11.8 Å². The van der Waals surface area contributed by atoms with Gasteiger partial charge in [-0.3, -0.25) is 14.5 Å². The Labute approximate surface area is 294 Å². The lowest BCUT2D eigenvalue weighted by Crippen LogP contribution is -2.30. The highest BCUT2D eigenvalue weighted by Crippen LogP contribution is 2.27. The van der Waals surface area contributed by atoms with Crippen molar-refractivity contribution in [3.05, 3.63) is 83.4 Å². The van der Waals surface area contributed by atoms with Gasteiger partial charge in [0.05, 0.1) is 23.3 Å². The number of fused-ring (bicyclic) bond motifs is 1. The molecule has 0 aliphatic carbocycles. The molecule has 0 N–H and O–H groups in total. The van der Waals surface area contributed by atoms with Crippen LogP contribution in [0, 0.1) is 0 Å². The van der Waals surface area contributed by atoms with E-state index in [1.165, 1.54) is 101 Å². The Hall–Kier alpha value is -3.93. The summed E-state index contributed by atoms with van der Waals surface area (Å²) in [5.41, 5.74) is 2.90. The van der Waals surface area contributed by atoms with Crippen molar-refractivity contribution in [2.24, 2.45) is 0 Å². The summed E-state index contributed by atoms with van der Waals surface area (Å²) >= 11 is 0. The van der Waals surface area contributed by atoms with Crippen molar-refractivity contribution in [2.45, 2.75) is 129 Å². The van der Waals surface area contributed by atoms with Crippen molar-refractivity contribution in [1.82, 2.24) is 4.90 Å². The number of hydrogen-bond acceptors (Lipinski definition) is 5. The number of hydrogen-bond donors (Lipinski definition) is 0. The maximum Gasteiger partial charge on any atom is 0.343 e. The predicted octanol–water partition coefficient (Wildman–Crippen LogP) is 11.6. The van der Waals surface area contributed by atoms with Crippen molar-refractivity contribution in [1.29, 1.82) is 0 Å². The number of imide groups is 1. The molecule has 264 valence electrons. The summed E-state index contributed by atoms with van der Waals surface area (Å²) in [6.07, 6.45) is 22.1. The fourth-order valence-corrected chi connectivity index (χ4v) is 6.43. The maximum absolute atomic E-state index is 13.1. The zero-order valence-corrected chi connectivity index (χ0v) is 30.0. The predicted molar refractivity (Wildman–Crippen MR) is 199 cm³/mol. The molecular formula is C43H57NO5. The summed E-state index contributed by atoms with van der Waals surface area (Å²) in [5, 5.41) is 0. The number of nitrogens with zero attached hydrogens (tertiary/aromatic N) is 1. The van der Waals surface area contributed by atoms with Crippen LogP contribution in [0.15, 0.2) is 66.7 Å². The Balaban J connectivity index is 1.18. The van der Waals surface area contributed by atoms with Crippen LogP contribution in [0.1, 0.15) is 160 Å². The first-order valence-corrected chi connectivity index (χ1v) is 19.1. The minimum absolute atomic E-state index is 0.243. The summed E-state index contributed by atoms with van der Waals surface area (Å²) in [6, 6.07) is 20.0. The monoisotopic (exact) mass is 667 g/mol. The standard InChI is InChI=1S/C43H57NO5/c1-3-5-7-9-11-13-14-15-17-19-31-44-41(45)39-30-25-36(33-40(39)42(44)46)43(47)49-38-28-23-35(24-29-38)34-21-26-37(27-22-34)48-32-20-18-16-12-10-8-6-4-2/h21-30,33H,3-20,31-32H2,1-2H3. The first-order chi connectivity index (χ1) is 24.0. The molecule has 0 atom stereocenters. The largest absolute Gasteiger partial charge is 0.494 e. The van der Waals surface area contributed by atoms with Crippen molar-refractivity contribution in [3.63, 3.8) is 0 Å². The van der Waals surface area contributed by atoms with E-state index in [1.54, 1.807) is 24.3 Å². The van der Waals surface area contributed by atoms with E-state index >= 15 is 0 Å². The first kappa shape index (κ1) is 37.9. The van der Waals surface area contributed by atoms with Crippen LogP contribution < -0.4 is 9.47 Å². The van der Waals surface area contributed by atoms with Gasteiger partial charge in [-0.15, -0.1) is 0 Å². The molecule has 4 rings (SSSR count). The lowest BCUT2D eigenvalue weighted by molar-refractivity contribution is 0.0650. The maximum atomic E-state index is 13.1. The van der Waals surface area contributed by atoms with E-state index in [0.29, 0.717) is 17.9 Å². The van der Waals surface area contributed by atoms with Gasteiger partial charge in [-0.2, -0.15) is 0 Å². The van der Waals surface area contributed by atoms with E-state index in [-0.39, 0.29) is 22.9 Å². The van der Waals surface area contributed by atoms with Crippen molar-refractivity contribution >= 4 is 17.8 Å². The van der Waals surface area contributed by atoms with Gasteiger partial charge >= 0.3 is 5.97 Å². The molecule has 2 amide bonds. The number of benzene rings is 3. The van der Waals surface area contributed by atoms with Gasteiger partial charge in [0.15, 0.2) is 0 Å². The van der Waals surface area contributed by atoms with Gasteiger partial charge in [-0.1, -0.05) is 141 Å². The molecule has 1 heterocycles. The third-order valence-corrected chi connectivity index (χ3v) is 9.46. The molecule has 0 unspecified atom stereocenters. The van der Waals surface area contributed by atoms with Crippen molar-refractivity contribution < 1.29 is 23.9 Å². The van der Waals surface area contributed by atoms with Crippen LogP contribution in [0.25, 0.3) is 11.1 Å². The number of unbranched alkanes of at least 4 members (excludes halogenated alkanes) is 16. The van der Waals surface area contributed by atoms with Gasteiger partial charge in [0.2, 0.25) is 0 Å². The number of rotatable bonds is 24. The topological polar surface area (TPSA) is 72.9 Å². The van der Waals surface area contributed by atoms with Crippen LogP contribution >= 0.6 is 0 Å². The quantitative estimate of drug-likeness (QED) is 0.0411. The molecule has 0 bridgehead atoms. The molecule has 0 saturated heterocycles. The highest BCUT2D eigenvalue weighted by Gasteiger charge is 2.35.